The largest absolute Gasteiger partial charge is 0.454 e. The number of aromatic nitrogens is 1. The third-order valence-corrected chi connectivity index (χ3v) is 5.03. The van der Waals surface area contributed by atoms with Gasteiger partial charge in [-0.05, 0) is 44.5 Å². The molecule has 1 aliphatic heterocycles. The summed E-state index contributed by atoms with van der Waals surface area (Å²) in [7, 11) is 0. The van der Waals surface area contributed by atoms with Gasteiger partial charge < -0.3 is 19.4 Å². The molecule has 138 valence electrons. The molecule has 4 rings (SSSR count). The van der Waals surface area contributed by atoms with E-state index in [1.807, 2.05) is 44.2 Å². The topological polar surface area (TPSA) is 52.5 Å². The summed E-state index contributed by atoms with van der Waals surface area (Å²) >= 11 is 0. The van der Waals surface area contributed by atoms with Crippen LogP contribution in [-0.4, -0.2) is 17.3 Å². The molecule has 0 fully saturated rings. The van der Waals surface area contributed by atoms with Crippen LogP contribution in [-0.2, 0) is 0 Å². The first-order valence-corrected chi connectivity index (χ1v) is 8.99. The van der Waals surface area contributed by atoms with E-state index >= 15 is 0 Å². The van der Waals surface area contributed by atoms with E-state index in [9.17, 15) is 4.79 Å². The van der Waals surface area contributed by atoms with Crippen molar-refractivity contribution in [2.75, 3.05) is 12.1 Å². The summed E-state index contributed by atoms with van der Waals surface area (Å²) in [6, 6.07) is 17.8. The molecule has 0 bridgehead atoms. The number of aryl methyl sites for hydroxylation is 1. The lowest BCUT2D eigenvalue weighted by molar-refractivity contribution is 0.102. The van der Waals surface area contributed by atoms with Gasteiger partial charge >= 0.3 is 0 Å². The van der Waals surface area contributed by atoms with Crippen molar-refractivity contribution in [2.45, 2.75) is 26.8 Å². The van der Waals surface area contributed by atoms with Gasteiger partial charge in [0.1, 0.15) is 0 Å². The maximum atomic E-state index is 12.9. The molecule has 0 saturated carbocycles. The van der Waals surface area contributed by atoms with Crippen LogP contribution in [0.5, 0.6) is 11.5 Å². The van der Waals surface area contributed by atoms with Gasteiger partial charge in [-0.15, -0.1) is 0 Å². The first-order chi connectivity index (χ1) is 13.0. The van der Waals surface area contributed by atoms with Crippen LogP contribution >= 0.6 is 0 Å². The van der Waals surface area contributed by atoms with Crippen LogP contribution in [0.2, 0.25) is 0 Å². The predicted molar refractivity (Wildman–Crippen MR) is 105 cm³/mol. The minimum atomic E-state index is -0.131. The lowest BCUT2D eigenvalue weighted by atomic mass is 10.1. The summed E-state index contributed by atoms with van der Waals surface area (Å²) in [5.74, 6) is 1.22. The van der Waals surface area contributed by atoms with E-state index in [-0.39, 0.29) is 18.7 Å². The normalized spacial score (nSPS) is 13.4. The summed E-state index contributed by atoms with van der Waals surface area (Å²) in [4.78, 5) is 12.9. The van der Waals surface area contributed by atoms with Crippen LogP contribution in [0.3, 0.4) is 0 Å². The number of benzene rings is 2. The summed E-state index contributed by atoms with van der Waals surface area (Å²) < 4.78 is 12.9. The van der Waals surface area contributed by atoms with Gasteiger partial charge in [0.05, 0.1) is 11.6 Å². The molecule has 27 heavy (non-hydrogen) atoms. The van der Waals surface area contributed by atoms with Crippen LogP contribution in [0.15, 0.2) is 54.6 Å². The summed E-state index contributed by atoms with van der Waals surface area (Å²) in [6.45, 7) is 6.38. The number of hydrogen-bond donors (Lipinski definition) is 1. The number of amides is 1. The van der Waals surface area contributed by atoms with Gasteiger partial charge in [-0.1, -0.05) is 30.3 Å². The SMILES string of the molecule is Cc1cc(C(=O)Nc2ccc3c(c2)OCO3)c(C)n1[C@@H](C)c1ccccc1. The van der Waals surface area contributed by atoms with Crippen LogP contribution in [0.4, 0.5) is 5.69 Å². The number of ether oxygens (including phenoxy) is 2. The molecule has 0 radical (unpaired) electrons. The molecule has 0 spiro atoms. The van der Waals surface area contributed by atoms with E-state index in [1.165, 1.54) is 5.56 Å². The zero-order valence-electron chi connectivity index (χ0n) is 15.7. The van der Waals surface area contributed by atoms with Gasteiger partial charge in [0, 0.05) is 23.1 Å². The Bertz CT molecular complexity index is 992. The zero-order chi connectivity index (χ0) is 19.0. The van der Waals surface area contributed by atoms with Crippen molar-refractivity contribution in [3.05, 3.63) is 77.1 Å². The van der Waals surface area contributed by atoms with Crippen LogP contribution in [0, 0.1) is 13.8 Å². The average Bonchev–Trinajstić information content (AvgIpc) is 3.25. The van der Waals surface area contributed by atoms with Crippen molar-refractivity contribution in [3.63, 3.8) is 0 Å². The lowest BCUT2D eigenvalue weighted by Gasteiger charge is -2.19. The lowest BCUT2D eigenvalue weighted by Crippen LogP contribution is -2.15. The highest BCUT2D eigenvalue weighted by Gasteiger charge is 2.20. The fourth-order valence-electron chi connectivity index (χ4n) is 3.66. The van der Waals surface area contributed by atoms with Gasteiger partial charge in [-0.2, -0.15) is 0 Å². The molecule has 1 N–H and O–H groups in total. The third-order valence-electron chi connectivity index (χ3n) is 5.03. The molecule has 1 aromatic heterocycles. The molecule has 1 amide bonds. The van der Waals surface area contributed by atoms with Crippen molar-refractivity contribution in [1.29, 1.82) is 0 Å². The molecule has 0 unspecified atom stereocenters. The van der Waals surface area contributed by atoms with E-state index in [2.05, 4.69) is 28.9 Å². The smallest absolute Gasteiger partial charge is 0.257 e. The van der Waals surface area contributed by atoms with Gasteiger partial charge in [0.15, 0.2) is 11.5 Å². The van der Waals surface area contributed by atoms with Crippen LogP contribution < -0.4 is 14.8 Å². The van der Waals surface area contributed by atoms with E-state index in [0.29, 0.717) is 22.7 Å². The van der Waals surface area contributed by atoms with Gasteiger partial charge in [0.25, 0.3) is 5.91 Å². The highest BCUT2D eigenvalue weighted by molar-refractivity contribution is 6.05. The van der Waals surface area contributed by atoms with E-state index in [1.54, 1.807) is 12.1 Å². The number of anilines is 1. The number of nitrogens with one attached hydrogen (secondary N) is 1. The second kappa shape index (κ2) is 6.83. The Balaban J connectivity index is 1.60. The molecule has 2 aromatic carbocycles. The Morgan fingerprint density at radius 1 is 1.04 bits per heavy atom. The van der Waals surface area contributed by atoms with E-state index in [0.717, 1.165) is 11.4 Å². The van der Waals surface area contributed by atoms with Gasteiger partial charge in [-0.25, -0.2) is 0 Å². The molecular weight excluding hydrogens is 340 g/mol. The molecular formula is C22H22N2O3. The Hall–Kier alpha value is -3.21. The molecule has 2 heterocycles. The molecule has 1 aliphatic rings. The molecule has 1 atom stereocenters. The van der Waals surface area contributed by atoms with Crippen molar-refractivity contribution in [2.24, 2.45) is 0 Å². The Kier molecular flexibility index (Phi) is 4.36. The maximum Gasteiger partial charge on any atom is 0.257 e. The monoisotopic (exact) mass is 362 g/mol. The Labute approximate surface area is 158 Å². The average molecular weight is 362 g/mol. The maximum absolute atomic E-state index is 12.9. The summed E-state index contributed by atoms with van der Waals surface area (Å²) in [5, 5.41) is 2.96. The second-order valence-corrected chi connectivity index (χ2v) is 6.76. The van der Waals surface area contributed by atoms with E-state index < -0.39 is 0 Å². The Morgan fingerprint density at radius 3 is 2.56 bits per heavy atom. The van der Waals surface area contributed by atoms with Crippen molar-refractivity contribution < 1.29 is 14.3 Å². The summed E-state index contributed by atoms with van der Waals surface area (Å²) in [6.07, 6.45) is 0. The Morgan fingerprint density at radius 2 is 1.78 bits per heavy atom. The summed E-state index contributed by atoms with van der Waals surface area (Å²) in [5.41, 5.74) is 4.57. The van der Waals surface area contributed by atoms with Crippen LogP contribution in [0.25, 0.3) is 0 Å². The van der Waals surface area contributed by atoms with Crippen LogP contribution in [0.1, 0.15) is 40.3 Å². The minimum Gasteiger partial charge on any atom is -0.454 e. The predicted octanol–water partition coefficient (Wildman–Crippen LogP) is 4.70. The number of rotatable bonds is 4. The minimum absolute atomic E-state index is 0.131. The number of fused-ring (bicyclic) bond motifs is 1. The first-order valence-electron chi connectivity index (χ1n) is 8.99. The fourth-order valence-corrected chi connectivity index (χ4v) is 3.66. The first kappa shape index (κ1) is 17.2. The van der Waals surface area contributed by atoms with E-state index in [4.69, 9.17) is 9.47 Å². The van der Waals surface area contributed by atoms with Crippen molar-refractivity contribution in [1.82, 2.24) is 4.57 Å². The highest BCUT2D eigenvalue weighted by atomic mass is 16.7. The third kappa shape index (κ3) is 3.16. The molecule has 0 aliphatic carbocycles. The number of carbonyl (C=O) groups is 1. The van der Waals surface area contributed by atoms with Gasteiger partial charge in [0.2, 0.25) is 6.79 Å². The number of hydrogen-bond acceptors (Lipinski definition) is 3. The second-order valence-electron chi connectivity index (χ2n) is 6.76. The van der Waals surface area contributed by atoms with Gasteiger partial charge in [-0.3, -0.25) is 4.79 Å². The number of carbonyl (C=O) groups excluding carboxylic acids is 1. The zero-order valence-corrected chi connectivity index (χ0v) is 15.7. The highest BCUT2D eigenvalue weighted by Crippen LogP contribution is 2.34. The molecule has 3 aromatic rings. The standard InChI is InChI=1S/C22H22N2O3/c1-14-11-19(16(3)24(14)15(2)17-7-5-4-6-8-17)22(25)23-18-9-10-20-21(12-18)27-13-26-20/h4-12,15H,13H2,1-3H3,(H,23,25)/t15-/m0/s1. The molecule has 5 heteroatoms. The number of nitrogens with zero attached hydrogens (tertiary/aromatic N) is 1. The fraction of sp³-hybridized carbons (Fsp3) is 0.227. The quantitative estimate of drug-likeness (QED) is 0.732. The van der Waals surface area contributed by atoms with Crippen molar-refractivity contribution >= 4 is 11.6 Å². The molecule has 5 nitrogen and oxygen atoms in total. The molecule has 0 saturated heterocycles. The van der Waals surface area contributed by atoms with Crippen molar-refractivity contribution in [3.8, 4) is 11.5 Å².